The lowest BCUT2D eigenvalue weighted by atomic mass is 10.0. The zero-order valence-corrected chi connectivity index (χ0v) is 20.0. The molecule has 2 aromatic carbocycles. The lowest BCUT2D eigenvalue weighted by Crippen LogP contribution is -2.29. The Morgan fingerprint density at radius 1 is 1.11 bits per heavy atom. The quantitative estimate of drug-likeness (QED) is 0.418. The summed E-state index contributed by atoms with van der Waals surface area (Å²) in [6, 6.07) is 10.3. The Morgan fingerprint density at radius 2 is 1.89 bits per heavy atom. The zero-order chi connectivity index (χ0) is 24.8. The van der Waals surface area contributed by atoms with E-state index < -0.39 is 5.82 Å². The summed E-state index contributed by atoms with van der Waals surface area (Å²) < 4.78 is 25.4. The van der Waals surface area contributed by atoms with E-state index in [2.05, 4.69) is 26.8 Å². The fraction of sp³-hybridized carbons (Fsp3) is 0.296. The summed E-state index contributed by atoms with van der Waals surface area (Å²) in [5, 5.41) is 3.25. The molecule has 8 heteroatoms. The van der Waals surface area contributed by atoms with Crippen LogP contribution in [0.3, 0.4) is 0 Å². The van der Waals surface area contributed by atoms with Crippen LogP contribution < -0.4 is 19.7 Å². The van der Waals surface area contributed by atoms with Gasteiger partial charge in [-0.2, -0.15) is 0 Å². The van der Waals surface area contributed by atoms with Crippen molar-refractivity contribution >= 4 is 23.1 Å². The molecule has 0 saturated carbocycles. The van der Waals surface area contributed by atoms with Crippen molar-refractivity contribution in [3.63, 3.8) is 0 Å². The molecule has 1 aliphatic rings. The summed E-state index contributed by atoms with van der Waals surface area (Å²) >= 11 is 0. The fourth-order valence-corrected chi connectivity index (χ4v) is 4.23. The Hall–Kier alpha value is -3.94. The van der Waals surface area contributed by atoms with Crippen LogP contribution in [0, 0.1) is 5.82 Å². The number of rotatable bonds is 9. The summed E-state index contributed by atoms with van der Waals surface area (Å²) in [6.45, 7) is 5.45. The van der Waals surface area contributed by atoms with Crippen molar-refractivity contribution < 1.29 is 18.7 Å². The third-order valence-electron chi connectivity index (χ3n) is 5.94. The van der Waals surface area contributed by atoms with Crippen LogP contribution in [0.5, 0.6) is 11.5 Å². The van der Waals surface area contributed by atoms with E-state index in [9.17, 15) is 9.18 Å². The topological polar surface area (TPSA) is 76.6 Å². The van der Waals surface area contributed by atoms with Gasteiger partial charge in [-0.05, 0) is 67.3 Å². The first-order chi connectivity index (χ1) is 17.0. The Balaban J connectivity index is 1.66. The number of ether oxygens (including phenoxy) is 2. The minimum Gasteiger partial charge on any atom is -0.495 e. The number of nitrogens with one attached hydrogen (secondary N) is 1. The highest BCUT2D eigenvalue weighted by molar-refractivity contribution is 5.91. The highest BCUT2D eigenvalue weighted by Gasteiger charge is 2.17. The van der Waals surface area contributed by atoms with Crippen LogP contribution >= 0.6 is 0 Å². The molecule has 0 unspecified atom stereocenters. The molecule has 4 rings (SSSR count). The van der Waals surface area contributed by atoms with Crippen molar-refractivity contribution in [1.29, 1.82) is 0 Å². The lowest BCUT2D eigenvalue weighted by Gasteiger charge is -2.30. The van der Waals surface area contributed by atoms with E-state index in [-0.39, 0.29) is 12.2 Å². The maximum Gasteiger partial charge on any atom is 0.227 e. The maximum absolute atomic E-state index is 14.4. The van der Waals surface area contributed by atoms with Gasteiger partial charge in [0.2, 0.25) is 5.95 Å². The first-order valence-electron chi connectivity index (χ1n) is 11.6. The van der Waals surface area contributed by atoms with E-state index in [1.54, 1.807) is 19.4 Å². The predicted octanol–water partition coefficient (Wildman–Crippen LogP) is 5.33. The Morgan fingerprint density at radius 3 is 2.60 bits per heavy atom. The van der Waals surface area contributed by atoms with E-state index >= 15 is 0 Å². The lowest BCUT2D eigenvalue weighted by molar-refractivity contribution is -0.114. The van der Waals surface area contributed by atoms with Gasteiger partial charge in [0.15, 0.2) is 11.5 Å². The highest BCUT2D eigenvalue weighted by Crippen LogP contribution is 2.35. The van der Waals surface area contributed by atoms with Crippen molar-refractivity contribution in [2.75, 3.05) is 37.5 Å². The van der Waals surface area contributed by atoms with Gasteiger partial charge >= 0.3 is 0 Å². The van der Waals surface area contributed by atoms with Crippen LogP contribution in [-0.2, 0) is 11.2 Å². The smallest absolute Gasteiger partial charge is 0.227 e. The average molecular weight is 477 g/mol. The number of piperidine rings is 1. The monoisotopic (exact) mass is 476 g/mol. The molecule has 1 aromatic heterocycles. The summed E-state index contributed by atoms with van der Waals surface area (Å²) in [4.78, 5) is 23.1. The van der Waals surface area contributed by atoms with Gasteiger partial charge in [0.25, 0.3) is 0 Å². The maximum atomic E-state index is 14.4. The minimum atomic E-state index is -0.467. The van der Waals surface area contributed by atoms with E-state index in [1.807, 2.05) is 18.2 Å². The summed E-state index contributed by atoms with van der Waals surface area (Å²) in [7, 11) is 3.18. The van der Waals surface area contributed by atoms with Crippen LogP contribution in [-0.4, -0.2) is 43.1 Å². The summed E-state index contributed by atoms with van der Waals surface area (Å²) in [5.74, 6) is 0.887. The van der Waals surface area contributed by atoms with Crippen molar-refractivity contribution in [2.45, 2.75) is 25.7 Å². The number of ketones is 1. The molecule has 0 spiro atoms. The Kier molecular flexibility index (Phi) is 7.60. The van der Waals surface area contributed by atoms with Gasteiger partial charge in [0.1, 0.15) is 17.3 Å². The van der Waals surface area contributed by atoms with Gasteiger partial charge < -0.3 is 19.7 Å². The van der Waals surface area contributed by atoms with Gasteiger partial charge in [-0.15, -0.1) is 0 Å². The third kappa shape index (κ3) is 5.77. The molecule has 1 fully saturated rings. The summed E-state index contributed by atoms with van der Waals surface area (Å²) in [6.07, 6.45) is 6.37. The van der Waals surface area contributed by atoms with Crippen LogP contribution in [0.1, 0.15) is 24.8 Å². The fourth-order valence-electron chi connectivity index (χ4n) is 4.23. The SMILES string of the molecule is C=CC(=O)Cc1cc(F)cc(-c2nc(Nc3ccc(OC)c(N4CCCCC4)c3)ncc2OC)c1. The summed E-state index contributed by atoms with van der Waals surface area (Å²) in [5.41, 5.74) is 3.26. The number of allylic oxidation sites excluding steroid dienone is 1. The molecular weight excluding hydrogens is 447 g/mol. The van der Waals surface area contributed by atoms with Gasteiger partial charge in [-0.25, -0.2) is 14.4 Å². The number of carbonyl (C=O) groups is 1. The van der Waals surface area contributed by atoms with E-state index in [4.69, 9.17) is 9.47 Å². The first-order valence-corrected chi connectivity index (χ1v) is 11.6. The number of hydrogen-bond acceptors (Lipinski definition) is 7. The van der Waals surface area contributed by atoms with E-state index in [0.29, 0.717) is 28.5 Å². The average Bonchev–Trinajstić information content (AvgIpc) is 2.88. The highest BCUT2D eigenvalue weighted by atomic mass is 19.1. The van der Waals surface area contributed by atoms with Gasteiger partial charge in [0.05, 0.1) is 26.1 Å². The number of aromatic nitrogens is 2. The largest absolute Gasteiger partial charge is 0.495 e. The minimum absolute atomic E-state index is 0.0535. The van der Waals surface area contributed by atoms with E-state index in [0.717, 1.165) is 43.1 Å². The molecule has 0 aliphatic carbocycles. The number of methoxy groups -OCH3 is 2. The van der Waals surface area contributed by atoms with Crippen molar-refractivity contribution in [2.24, 2.45) is 0 Å². The predicted molar refractivity (Wildman–Crippen MR) is 135 cm³/mol. The third-order valence-corrected chi connectivity index (χ3v) is 5.94. The Labute approximate surface area is 204 Å². The number of anilines is 3. The number of carbonyl (C=O) groups excluding carboxylic acids is 1. The molecule has 1 N–H and O–H groups in total. The van der Waals surface area contributed by atoms with E-state index in [1.165, 1.54) is 31.7 Å². The Bertz CT molecular complexity index is 1230. The molecule has 35 heavy (non-hydrogen) atoms. The second kappa shape index (κ2) is 11.0. The van der Waals surface area contributed by atoms with Gasteiger partial charge in [-0.1, -0.05) is 6.58 Å². The number of benzene rings is 2. The van der Waals surface area contributed by atoms with Crippen LogP contribution in [0.25, 0.3) is 11.3 Å². The molecule has 0 amide bonds. The second-order valence-corrected chi connectivity index (χ2v) is 8.37. The van der Waals surface area contributed by atoms with Crippen molar-refractivity contribution in [3.05, 3.63) is 66.6 Å². The molecule has 3 aromatic rings. The number of hydrogen-bond donors (Lipinski definition) is 1. The molecule has 182 valence electrons. The van der Waals surface area contributed by atoms with Gasteiger partial charge in [0, 0.05) is 30.8 Å². The molecule has 1 aliphatic heterocycles. The van der Waals surface area contributed by atoms with Crippen LogP contribution in [0.15, 0.2) is 55.3 Å². The molecule has 0 bridgehead atoms. The number of nitrogens with zero attached hydrogens (tertiary/aromatic N) is 3. The second-order valence-electron chi connectivity index (χ2n) is 8.37. The molecule has 0 atom stereocenters. The van der Waals surface area contributed by atoms with Crippen LogP contribution in [0.2, 0.25) is 0 Å². The van der Waals surface area contributed by atoms with Crippen molar-refractivity contribution in [3.8, 4) is 22.8 Å². The molecule has 7 nitrogen and oxygen atoms in total. The molecule has 2 heterocycles. The molecule has 1 saturated heterocycles. The zero-order valence-electron chi connectivity index (χ0n) is 20.0. The molecule has 0 radical (unpaired) electrons. The standard InChI is InChI=1S/C27H29FN4O3/c1-4-22(33)14-18-12-19(15-20(28)13-18)26-25(35-3)17-29-27(31-26)30-21-8-9-24(34-2)23(16-21)32-10-6-5-7-11-32/h4,8-9,12-13,15-17H,1,5-7,10-11,14H2,2-3H3,(H,29,30,31). The van der Waals surface area contributed by atoms with Gasteiger partial charge in [-0.3, -0.25) is 4.79 Å². The molecular formula is C27H29FN4O3. The van der Waals surface area contributed by atoms with Crippen LogP contribution in [0.4, 0.5) is 21.7 Å². The normalized spacial score (nSPS) is 13.3. The van der Waals surface area contributed by atoms with Crippen molar-refractivity contribution in [1.82, 2.24) is 9.97 Å². The number of halogens is 1. The first kappa shape index (κ1) is 24.2.